The van der Waals surface area contributed by atoms with Gasteiger partial charge < -0.3 is 5.11 Å². The predicted octanol–water partition coefficient (Wildman–Crippen LogP) is 3.10. The second-order valence-electron chi connectivity index (χ2n) is 3.82. The van der Waals surface area contributed by atoms with Gasteiger partial charge in [-0.2, -0.15) is 0 Å². The summed E-state index contributed by atoms with van der Waals surface area (Å²) in [6.45, 7) is 1.37. The van der Waals surface area contributed by atoms with Gasteiger partial charge in [-0.25, -0.2) is 9.37 Å². The topological polar surface area (TPSA) is 79.3 Å². The van der Waals surface area contributed by atoms with Crippen LogP contribution in [0.2, 0.25) is 5.02 Å². The van der Waals surface area contributed by atoms with Crippen LogP contribution in [-0.2, 0) is 0 Å². The van der Waals surface area contributed by atoms with Crippen LogP contribution < -0.4 is 5.32 Å². The Morgan fingerprint density at radius 2 is 2.15 bits per heavy atom. The normalized spacial score (nSPS) is 10.3. The molecule has 20 heavy (non-hydrogen) atoms. The van der Waals surface area contributed by atoms with E-state index in [1.54, 1.807) is 0 Å². The highest BCUT2D eigenvalue weighted by Crippen LogP contribution is 2.29. The van der Waals surface area contributed by atoms with Crippen LogP contribution >= 0.6 is 22.9 Å². The minimum atomic E-state index is -0.770. The minimum Gasteiger partial charge on any atom is -0.506 e. The molecule has 5 nitrogen and oxygen atoms in total. The molecule has 0 fully saturated rings. The number of carbonyl (C=O) groups is 2. The van der Waals surface area contributed by atoms with E-state index in [9.17, 15) is 19.1 Å². The molecule has 2 rings (SSSR count). The average Bonchev–Trinajstić information content (AvgIpc) is 2.82. The van der Waals surface area contributed by atoms with Gasteiger partial charge in [0.05, 0.1) is 21.7 Å². The van der Waals surface area contributed by atoms with Crippen molar-refractivity contribution >= 4 is 39.8 Å². The van der Waals surface area contributed by atoms with E-state index in [4.69, 9.17) is 11.6 Å². The van der Waals surface area contributed by atoms with Crippen LogP contribution in [0, 0.1) is 5.82 Å². The van der Waals surface area contributed by atoms with E-state index < -0.39 is 17.5 Å². The Hall–Kier alpha value is -1.99. The number of nitrogens with one attached hydrogen (secondary N) is 1. The number of hydrogen-bond acceptors (Lipinski definition) is 5. The summed E-state index contributed by atoms with van der Waals surface area (Å²) < 4.78 is 13.2. The number of halogens is 2. The summed E-state index contributed by atoms with van der Waals surface area (Å²) in [4.78, 5) is 27.2. The summed E-state index contributed by atoms with van der Waals surface area (Å²) in [6, 6.07) is 1.75. The first-order valence-electron chi connectivity index (χ1n) is 5.34. The number of phenols is 1. The molecule has 0 spiro atoms. The first-order valence-corrected chi connectivity index (χ1v) is 6.54. The second-order valence-corrected chi connectivity index (χ2v) is 5.26. The molecule has 1 heterocycles. The number of aromatic hydroxyl groups is 1. The van der Waals surface area contributed by atoms with Crippen molar-refractivity contribution in [3.8, 4) is 5.75 Å². The first kappa shape index (κ1) is 14.4. The molecular formula is C12H8ClFN2O3S. The Bertz CT molecular complexity index is 702. The summed E-state index contributed by atoms with van der Waals surface area (Å²) in [5, 5.41) is 11.9. The molecule has 0 saturated heterocycles. The van der Waals surface area contributed by atoms with Crippen molar-refractivity contribution < 1.29 is 19.1 Å². The summed E-state index contributed by atoms with van der Waals surface area (Å²) in [7, 11) is 0. The number of thiazole rings is 1. The maximum absolute atomic E-state index is 13.2. The lowest BCUT2D eigenvalue weighted by Crippen LogP contribution is -2.12. The van der Waals surface area contributed by atoms with Gasteiger partial charge in [-0.15, -0.1) is 0 Å². The molecule has 0 saturated carbocycles. The molecule has 0 radical (unpaired) electrons. The summed E-state index contributed by atoms with van der Waals surface area (Å²) in [5.41, 5.74) is -0.311. The smallest absolute Gasteiger partial charge is 0.261 e. The number of Topliss-reactive ketones (excluding diaryl/α,β-unsaturated/α-hetero) is 1. The second kappa shape index (κ2) is 5.56. The van der Waals surface area contributed by atoms with Crippen molar-refractivity contribution in [2.45, 2.75) is 6.92 Å². The summed E-state index contributed by atoms with van der Waals surface area (Å²) in [5.74, 6) is -2.22. The van der Waals surface area contributed by atoms with Crippen molar-refractivity contribution in [3.63, 3.8) is 0 Å². The molecule has 0 aliphatic carbocycles. The van der Waals surface area contributed by atoms with E-state index in [0.717, 1.165) is 23.5 Å². The lowest BCUT2D eigenvalue weighted by atomic mass is 10.2. The molecule has 0 unspecified atom stereocenters. The number of phenolic OH excluding ortho intramolecular Hbond substituents is 1. The Morgan fingerprint density at radius 1 is 1.45 bits per heavy atom. The molecule has 0 aliphatic heterocycles. The van der Waals surface area contributed by atoms with Crippen molar-refractivity contribution in [2.75, 3.05) is 5.32 Å². The zero-order valence-corrected chi connectivity index (χ0v) is 11.7. The minimum absolute atomic E-state index is 0.167. The fourth-order valence-corrected chi connectivity index (χ4v) is 2.31. The number of anilines is 1. The number of rotatable bonds is 3. The van der Waals surface area contributed by atoms with Crippen LogP contribution in [0.1, 0.15) is 27.0 Å². The van der Waals surface area contributed by atoms with Gasteiger partial charge in [0.25, 0.3) is 5.91 Å². The highest BCUT2D eigenvalue weighted by Gasteiger charge is 2.17. The highest BCUT2D eigenvalue weighted by molar-refractivity contribution is 7.17. The van der Waals surface area contributed by atoms with Crippen molar-refractivity contribution in [2.24, 2.45) is 0 Å². The zero-order chi connectivity index (χ0) is 14.9. The van der Waals surface area contributed by atoms with Gasteiger partial charge in [0.15, 0.2) is 10.9 Å². The van der Waals surface area contributed by atoms with Gasteiger partial charge in [-0.05, 0) is 12.1 Å². The average molecular weight is 315 g/mol. The lowest BCUT2D eigenvalue weighted by molar-refractivity contribution is 0.101. The first-order chi connectivity index (χ1) is 9.38. The monoisotopic (exact) mass is 314 g/mol. The number of aromatic nitrogens is 1. The fourth-order valence-electron chi connectivity index (χ4n) is 1.40. The third-order valence-corrected chi connectivity index (χ3v) is 3.65. The van der Waals surface area contributed by atoms with E-state index in [2.05, 4.69) is 10.3 Å². The maximum atomic E-state index is 13.2. The van der Waals surface area contributed by atoms with Crippen molar-refractivity contribution in [3.05, 3.63) is 39.6 Å². The number of ketones is 1. The van der Waals surface area contributed by atoms with Crippen molar-refractivity contribution in [1.82, 2.24) is 4.98 Å². The van der Waals surface area contributed by atoms with Gasteiger partial charge >= 0.3 is 0 Å². The van der Waals surface area contributed by atoms with Crippen LogP contribution in [0.15, 0.2) is 18.3 Å². The Kier molecular flexibility index (Phi) is 4.01. The van der Waals surface area contributed by atoms with Gasteiger partial charge in [-0.1, -0.05) is 22.9 Å². The van der Waals surface area contributed by atoms with E-state index >= 15 is 0 Å². The van der Waals surface area contributed by atoms with E-state index in [0.29, 0.717) is 4.88 Å². The zero-order valence-electron chi connectivity index (χ0n) is 10.1. The number of carbonyl (C=O) groups excluding carboxylic acids is 2. The Morgan fingerprint density at radius 3 is 2.75 bits per heavy atom. The molecule has 1 aromatic heterocycles. The maximum Gasteiger partial charge on any atom is 0.261 e. The number of amides is 1. The number of hydrogen-bond donors (Lipinski definition) is 2. The SMILES string of the molecule is CC(=O)c1cnc(NC(=O)c2cc(F)cc(Cl)c2O)s1. The molecule has 104 valence electrons. The lowest BCUT2D eigenvalue weighted by Gasteiger charge is -2.06. The molecule has 0 aliphatic rings. The van der Waals surface area contributed by atoms with Gasteiger partial charge in [-0.3, -0.25) is 14.9 Å². The standard InChI is InChI=1S/C12H8ClFN2O3S/c1-5(17)9-4-15-12(20-9)16-11(19)7-2-6(14)3-8(13)10(7)18/h2-4,18H,1H3,(H,15,16,19). The highest BCUT2D eigenvalue weighted by atomic mass is 35.5. The molecule has 2 aromatic rings. The third-order valence-electron chi connectivity index (χ3n) is 2.35. The Balaban J connectivity index is 2.26. The summed E-state index contributed by atoms with van der Waals surface area (Å²) in [6.07, 6.45) is 1.32. The van der Waals surface area contributed by atoms with E-state index in [1.165, 1.54) is 13.1 Å². The van der Waals surface area contributed by atoms with Crippen LogP contribution in [-0.4, -0.2) is 21.8 Å². The van der Waals surface area contributed by atoms with Crippen LogP contribution in [0.25, 0.3) is 0 Å². The molecule has 1 aromatic carbocycles. The molecule has 0 atom stereocenters. The van der Waals surface area contributed by atoms with Crippen molar-refractivity contribution in [1.29, 1.82) is 0 Å². The predicted molar refractivity (Wildman–Crippen MR) is 73.1 cm³/mol. The summed E-state index contributed by atoms with van der Waals surface area (Å²) >= 11 is 6.56. The molecule has 0 bridgehead atoms. The van der Waals surface area contributed by atoms with Gasteiger partial charge in [0.1, 0.15) is 11.6 Å². The molecule has 2 N–H and O–H groups in total. The largest absolute Gasteiger partial charge is 0.506 e. The molecular weight excluding hydrogens is 307 g/mol. The Labute approximate surface area is 122 Å². The van der Waals surface area contributed by atoms with Gasteiger partial charge in [0.2, 0.25) is 0 Å². The molecule has 8 heteroatoms. The number of benzene rings is 1. The van der Waals surface area contributed by atoms with E-state index in [-0.39, 0.29) is 21.5 Å². The third kappa shape index (κ3) is 2.94. The van der Waals surface area contributed by atoms with Crippen LogP contribution in [0.4, 0.5) is 9.52 Å². The van der Waals surface area contributed by atoms with Gasteiger partial charge in [0, 0.05) is 6.92 Å². The molecule has 1 amide bonds. The van der Waals surface area contributed by atoms with Crippen LogP contribution in [0.5, 0.6) is 5.75 Å². The number of nitrogens with zero attached hydrogens (tertiary/aromatic N) is 1. The quantitative estimate of drug-likeness (QED) is 0.853. The fraction of sp³-hybridized carbons (Fsp3) is 0.0833. The van der Waals surface area contributed by atoms with Crippen LogP contribution in [0.3, 0.4) is 0 Å². The van der Waals surface area contributed by atoms with E-state index in [1.807, 2.05) is 0 Å².